The molecule has 0 amide bonds. The summed E-state index contributed by atoms with van der Waals surface area (Å²) in [7, 11) is 1.79. The molecule has 18 heavy (non-hydrogen) atoms. The summed E-state index contributed by atoms with van der Waals surface area (Å²) in [5.41, 5.74) is 0. The number of hydrogen-bond acceptors (Lipinski definition) is 4. The van der Waals surface area contributed by atoms with Crippen LogP contribution in [-0.2, 0) is 11.3 Å². The van der Waals surface area contributed by atoms with Crippen LogP contribution in [0.4, 0.5) is 0 Å². The molecule has 5 heteroatoms. The van der Waals surface area contributed by atoms with Gasteiger partial charge in [0.1, 0.15) is 12.2 Å². The van der Waals surface area contributed by atoms with Crippen LogP contribution in [0.2, 0.25) is 0 Å². The van der Waals surface area contributed by atoms with Crippen molar-refractivity contribution < 1.29 is 4.74 Å². The van der Waals surface area contributed by atoms with E-state index in [0.29, 0.717) is 0 Å². The Kier molecular flexibility index (Phi) is 5.13. The number of hydrogen-bond donors (Lipinski definition) is 0. The molecule has 0 aromatic carbocycles. The highest BCUT2D eigenvalue weighted by atomic mass is 16.5. The zero-order valence-corrected chi connectivity index (χ0v) is 11.5. The van der Waals surface area contributed by atoms with Gasteiger partial charge in [0.2, 0.25) is 0 Å². The van der Waals surface area contributed by atoms with Crippen molar-refractivity contribution in [3.05, 3.63) is 12.2 Å². The topological polar surface area (TPSA) is 43.2 Å². The Hall–Kier alpha value is -0.940. The highest BCUT2D eigenvalue weighted by Gasteiger charge is 2.18. The van der Waals surface area contributed by atoms with Crippen molar-refractivity contribution in [2.75, 3.05) is 33.4 Å². The molecule has 2 rings (SSSR count). The van der Waals surface area contributed by atoms with E-state index in [1.54, 1.807) is 7.11 Å². The van der Waals surface area contributed by atoms with E-state index in [0.717, 1.165) is 31.4 Å². The van der Waals surface area contributed by atoms with E-state index in [9.17, 15) is 0 Å². The molecular weight excluding hydrogens is 228 g/mol. The standard InChI is InChI=1S/C13H24N4O/c1-12-15-14-11-17(12)9-8-16-6-3-13(4-7-16)5-10-18-2/h11,13H,3-10H2,1-2H3. The van der Waals surface area contributed by atoms with Crippen molar-refractivity contribution in [2.24, 2.45) is 5.92 Å². The predicted octanol–water partition coefficient (Wildman–Crippen LogP) is 1.34. The number of ether oxygens (including phenoxy) is 1. The SMILES string of the molecule is COCCC1CCN(CCn2cnnc2C)CC1. The fraction of sp³-hybridized carbons (Fsp3) is 0.846. The molecule has 1 aliphatic heterocycles. The Balaban J connectivity index is 1.66. The van der Waals surface area contributed by atoms with Gasteiger partial charge in [0, 0.05) is 26.8 Å². The fourth-order valence-electron chi connectivity index (χ4n) is 2.56. The lowest BCUT2D eigenvalue weighted by atomic mass is 9.94. The number of nitrogens with zero attached hydrogens (tertiary/aromatic N) is 4. The number of methoxy groups -OCH3 is 1. The van der Waals surface area contributed by atoms with Gasteiger partial charge in [-0.15, -0.1) is 10.2 Å². The fourth-order valence-corrected chi connectivity index (χ4v) is 2.56. The summed E-state index contributed by atoms with van der Waals surface area (Å²) in [5.74, 6) is 1.86. The highest BCUT2D eigenvalue weighted by Crippen LogP contribution is 2.20. The van der Waals surface area contributed by atoms with Crippen LogP contribution in [0.1, 0.15) is 25.1 Å². The van der Waals surface area contributed by atoms with Crippen LogP contribution < -0.4 is 0 Å². The number of aryl methyl sites for hydroxylation is 1. The summed E-state index contributed by atoms with van der Waals surface area (Å²) >= 11 is 0. The Morgan fingerprint density at radius 2 is 2.11 bits per heavy atom. The smallest absolute Gasteiger partial charge is 0.129 e. The Labute approximate surface area is 109 Å². The van der Waals surface area contributed by atoms with E-state index in [2.05, 4.69) is 19.7 Å². The first-order valence-electron chi connectivity index (χ1n) is 6.85. The van der Waals surface area contributed by atoms with Gasteiger partial charge in [-0.05, 0) is 45.2 Å². The Morgan fingerprint density at radius 1 is 1.33 bits per heavy atom. The van der Waals surface area contributed by atoms with Crippen molar-refractivity contribution in [1.82, 2.24) is 19.7 Å². The third kappa shape index (κ3) is 3.78. The number of rotatable bonds is 6. The second kappa shape index (κ2) is 6.85. The molecule has 0 unspecified atom stereocenters. The second-order valence-electron chi connectivity index (χ2n) is 5.14. The van der Waals surface area contributed by atoms with Crippen molar-refractivity contribution >= 4 is 0 Å². The van der Waals surface area contributed by atoms with E-state index in [-0.39, 0.29) is 0 Å². The minimum Gasteiger partial charge on any atom is -0.385 e. The third-order valence-electron chi connectivity index (χ3n) is 3.90. The zero-order valence-electron chi connectivity index (χ0n) is 11.5. The summed E-state index contributed by atoms with van der Waals surface area (Å²) < 4.78 is 7.27. The molecule has 0 atom stereocenters. The van der Waals surface area contributed by atoms with Gasteiger partial charge < -0.3 is 14.2 Å². The average Bonchev–Trinajstić information content (AvgIpc) is 2.81. The Bertz CT molecular complexity index is 345. The third-order valence-corrected chi connectivity index (χ3v) is 3.90. The second-order valence-corrected chi connectivity index (χ2v) is 5.14. The monoisotopic (exact) mass is 252 g/mol. The summed E-state index contributed by atoms with van der Waals surface area (Å²) in [6, 6.07) is 0. The normalized spacial score (nSPS) is 18.3. The zero-order chi connectivity index (χ0) is 12.8. The molecule has 0 aliphatic carbocycles. The van der Waals surface area contributed by atoms with Crippen molar-refractivity contribution in [1.29, 1.82) is 0 Å². The molecule has 1 saturated heterocycles. The van der Waals surface area contributed by atoms with E-state index in [1.807, 2.05) is 13.3 Å². The minimum absolute atomic E-state index is 0.859. The lowest BCUT2D eigenvalue weighted by Gasteiger charge is -2.31. The molecule has 0 N–H and O–H groups in total. The maximum Gasteiger partial charge on any atom is 0.129 e. The number of likely N-dealkylation sites (tertiary alicyclic amines) is 1. The van der Waals surface area contributed by atoms with Gasteiger partial charge >= 0.3 is 0 Å². The van der Waals surface area contributed by atoms with Crippen LogP contribution in [0.3, 0.4) is 0 Å². The van der Waals surface area contributed by atoms with Gasteiger partial charge in [-0.1, -0.05) is 0 Å². The number of aromatic nitrogens is 3. The van der Waals surface area contributed by atoms with Crippen LogP contribution in [0.25, 0.3) is 0 Å². The van der Waals surface area contributed by atoms with E-state index in [1.165, 1.54) is 32.4 Å². The molecule has 1 aromatic rings. The van der Waals surface area contributed by atoms with Crippen molar-refractivity contribution in [3.63, 3.8) is 0 Å². The molecular formula is C13H24N4O. The first-order chi connectivity index (χ1) is 8.79. The van der Waals surface area contributed by atoms with Crippen molar-refractivity contribution in [3.8, 4) is 0 Å². The quantitative estimate of drug-likeness (QED) is 0.766. The lowest BCUT2D eigenvalue weighted by Crippen LogP contribution is -2.36. The maximum atomic E-state index is 5.15. The molecule has 0 saturated carbocycles. The molecule has 102 valence electrons. The van der Waals surface area contributed by atoms with Crippen LogP contribution in [0.5, 0.6) is 0 Å². The minimum atomic E-state index is 0.859. The summed E-state index contributed by atoms with van der Waals surface area (Å²) in [6.07, 6.45) is 5.66. The van der Waals surface area contributed by atoms with E-state index >= 15 is 0 Å². The van der Waals surface area contributed by atoms with Gasteiger partial charge in [0.25, 0.3) is 0 Å². The van der Waals surface area contributed by atoms with Gasteiger partial charge in [-0.25, -0.2) is 0 Å². The summed E-state index contributed by atoms with van der Waals surface area (Å²) in [6.45, 7) is 7.46. The van der Waals surface area contributed by atoms with E-state index in [4.69, 9.17) is 4.74 Å². The number of piperidine rings is 1. The van der Waals surface area contributed by atoms with Crippen molar-refractivity contribution in [2.45, 2.75) is 32.7 Å². The molecule has 1 aromatic heterocycles. The Morgan fingerprint density at radius 3 is 2.72 bits per heavy atom. The summed E-state index contributed by atoms with van der Waals surface area (Å²) in [5, 5.41) is 7.92. The van der Waals surface area contributed by atoms with Crippen LogP contribution in [0, 0.1) is 12.8 Å². The van der Waals surface area contributed by atoms with Gasteiger partial charge in [-0.3, -0.25) is 0 Å². The maximum absolute atomic E-state index is 5.15. The molecule has 0 bridgehead atoms. The van der Waals surface area contributed by atoms with Gasteiger partial charge in [-0.2, -0.15) is 0 Å². The lowest BCUT2D eigenvalue weighted by molar-refractivity contribution is 0.133. The summed E-state index contributed by atoms with van der Waals surface area (Å²) in [4.78, 5) is 2.54. The average molecular weight is 252 g/mol. The molecule has 5 nitrogen and oxygen atoms in total. The van der Waals surface area contributed by atoms with E-state index < -0.39 is 0 Å². The molecule has 0 radical (unpaired) electrons. The molecule has 0 spiro atoms. The molecule has 1 aliphatic rings. The first kappa shape index (κ1) is 13.5. The molecule has 2 heterocycles. The van der Waals surface area contributed by atoms with Gasteiger partial charge in [0.15, 0.2) is 0 Å². The largest absolute Gasteiger partial charge is 0.385 e. The van der Waals surface area contributed by atoms with Gasteiger partial charge in [0.05, 0.1) is 0 Å². The first-order valence-corrected chi connectivity index (χ1v) is 6.85. The highest BCUT2D eigenvalue weighted by molar-refractivity contribution is 4.81. The molecule has 1 fully saturated rings. The van der Waals surface area contributed by atoms with Crippen LogP contribution in [0.15, 0.2) is 6.33 Å². The van der Waals surface area contributed by atoms with Crippen LogP contribution >= 0.6 is 0 Å². The van der Waals surface area contributed by atoms with Crippen LogP contribution in [-0.4, -0.2) is 53.0 Å². The predicted molar refractivity (Wildman–Crippen MR) is 70.4 cm³/mol.